The number of pyridine rings is 1. The third-order valence-corrected chi connectivity index (χ3v) is 6.25. The van der Waals surface area contributed by atoms with Crippen molar-refractivity contribution in [2.24, 2.45) is 0 Å². The molecular weight excluding hydrogens is 388 g/mol. The molecule has 7 heteroatoms. The number of rotatable bonds is 3. The Hall–Kier alpha value is -2.60. The Morgan fingerprint density at radius 2 is 1.93 bits per heavy atom. The van der Waals surface area contributed by atoms with Crippen molar-refractivity contribution in [2.75, 3.05) is 6.54 Å². The maximum absolute atomic E-state index is 12.4. The lowest BCUT2D eigenvalue weighted by atomic mass is 9.93. The summed E-state index contributed by atoms with van der Waals surface area (Å²) in [6.45, 7) is 6.37. The van der Waals surface area contributed by atoms with Gasteiger partial charge in [-0.15, -0.1) is 10.2 Å². The van der Waals surface area contributed by atoms with Crippen molar-refractivity contribution in [1.82, 2.24) is 19.5 Å². The van der Waals surface area contributed by atoms with Gasteiger partial charge in [0.2, 0.25) is 11.6 Å². The highest BCUT2D eigenvalue weighted by atomic mass is 35.5. The Balaban J connectivity index is 1.79. The number of halogens is 1. The van der Waals surface area contributed by atoms with Gasteiger partial charge in [0.1, 0.15) is 11.3 Å². The maximum atomic E-state index is 12.4. The third-order valence-electron chi connectivity index (χ3n) is 5.84. The van der Waals surface area contributed by atoms with Crippen LogP contribution in [0.5, 0.6) is 11.5 Å². The normalized spacial score (nSPS) is 19.9. The largest absolute Gasteiger partial charge is 0.453 e. The molecule has 0 aliphatic carbocycles. The summed E-state index contributed by atoms with van der Waals surface area (Å²) in [6, 6.07) is 9.35. The van der Waals surface area contributed by atoms with E-state index in [1.807, 2.05) is 52.8 Å². The summed E-state index contributed by atoms with van der Waals surface area (Å²) in [5.41, 5.74) is 0.983. The molecule has 1 atom stereocenters. The van der Waals surface area contributed by atoms with Crippen LogP contribution in [0.2, 0.25) is 5.02 Å². The molecule has 0 unspecified atom stereocenters. The average molecular weight is 413 g/mol. The number of benzene rings is 1. The smallest absolute Gasteiger partial charge is 0.220 e. The van der Waals surface area contributed by atoms with E-state index in [9.17, 15) is 4.79 Å². The van der Waals surface area contributed by atoms with Gasteiger partial charge in [0.25, 0.3) is 0 Å². The predicted molar refractivity (Wildman–Crippen MR) is 112 cm³/mol. The fourth-order valence-corrected chi connectivity index (χ4v) is 4.36. The topological polar surface area (TPSA) is 59.7 Å². The van der Waals surface area contributed by atoms with Gasteiger partial charge in [-0.25, -0.2) is 0 Å². The summed E-state index contributed by atoms with van der Waals surface area (Å²) in [4.78, 5) is 14.3. The van der Waals surface area contributed by atoms with Gasteiger partial charge in [0, 0.05) is 30.3 Å². The number of carbonyl (C=O) groups is 1. The Morgan fingerprint density at radius 3 is 2.72 bits per heavy atom. The minimum Gasteiger partial charge on any atom is -0.453 e. The van der Waals surface area contributed by atoms with Crippen LogP contribution in [-0.2, 0) is 10.3 Å². The van der Waals surface area contributed by atoms with Gasteiger partial charge in [-0.2, -0.15) is 0 Å². The van der Waals surface area contributed by atoms with E-state index in [1.165, 1.54) is 0 Å². The van der Waals surface area contributed by atoms with Crippen molar-refractivity contribution in [3.8, 4) is 11.5 Å². The first-order chi connectivity index (χ1) is 13.9. The summed E-state index contributed by atoms with van der Waals surface area (Å²) in [6.07, 6.45) is 5.95. The minimum absolute atomic E-state index is 0.0631. The lowest BCUT2D eigenvalue weighted by molar-refractivity contribution is -0.135. The number of ether oxygens (including phenoxy) is 1. The monoisotopic (exact) mass is 412 g/mol. The summed E-state index contributed by atoms with van der Waals surface area (Å²) < 4.78 is 8.09. The Morgan fingerprint density at radius 1 is 1.14 bits per heavy atom. The van der Waals surface area contributed by atoms with Crippen molar-refractivity contribution in [2.45, 2.75) is 52.0 Å². The molecule has 0 bridgehead atoms. The number of likely N-dealkylation sites (tertiary alicyclic amines) is 1. The van der Waals surface area contributed by atoms with Gasteiger partial charge in [0.05, 0.1) is 0 Å². The standard InChI is InChI=1S/C22H25ClN4O2/c1-15-17(23)9-7-10-18(15)29-19-11-8-13-26-20(19)24-25-21(26)22(3)12-5-4-6-14-27(22)16(2)28/h7-11,13H,4-6,12,14H2,1-3H3/t22-/m1/s1. The second-order valence-corrected chi connectivity index (χ2v) is 8.22. The van der Waals surface area contributed by atoms with Crippen LogP contribution >= 0.6 is 11.6 Å². The second-order valence-electron chi connectivity index (χ2n) is 7.81. The quantitative estimate of drug-likeness (QED) is 0.599. The van der Waals surface area contributed by atoms with Crippen LogP contribution in [-0.4, -0.2) is 31.9 Å². The van der Waals surface area contributed by atoms with Gasteiger partial charge < -0.3 is 9.64 Å². The first-order valence-electron chi connectivity index (χ1n) is 9.97. The fraction of sp³-hybridized carbons (Fsp3) is 0.409. The zero-order valence-electron chi connectivity index (χ0n) is 17.0. The molecule has 152 valence electrons. The SMILES string of the molecule is CC(=O)N1CCCCC[C@]1(C)c1nnc2c(Oc3cccc(Cl)c3C)cccn12. The number of aromatic nitrogens is 3. The Bertz CT molecular complexity index is 1060. The molecule has 3 aromatic rings. The molecule has 1 fully saturated rings. The van der Waals surface area contributed by atoms with Gasteiger partial charge in [0.15, 0.2) is 11.6 Å². The molecule has 6 nitrogen and oxygen atoms in total. The van der Waals surface area contributed by atoms with E-state index in [0.29, 0.717) is 22.2 Å². The molecule has 1 saturated heterocycles. The first kappa shape index (κ1) is 19.7. The van der Waals surface area contributed by atoms with E-state index in [-0.39, 0.29) is 5.91 Å². The van der Waals surface area contributed by atoms with Gasteiger partial charge in [-0.1, -0.05) is 30.5 Å². The van der Waals surface area contributed by atoms with Crippen molar-refractivity contribution >= 4 is 23.2 Å². The summed E-state index contributed by atoms with van der Waals surface area (Å²) in [7, 11) is 0. The van der Waals surface area contributed by atoms with Gasteiger partial charge >= 0.3 is 0 Å². The molecule has 1 amide bonds. The lowest BCUT2D eigenvalue weighted by Crippen LogP contribution is -2.47. The van der Waals surface area contributed by atoms with Crippen molar-refractivity contribution in [1.29, 1.82) is 0 Å². The highest BCUT2D eigenvalue weighted by molar-refractivity contribution is 6.31. The molecular formula is C22H25ClN4O2. The van der Waals surface area contributed by atoms with E-state index in [1.54, 1.807) is 6.92 Å². The zero-order valence-corrected chi connectivity index (χ0v) is 17.7. The number of fused-ring (bicyclic) bond motifs is 1. The van der Waals surface area contributed by atoms with Crippen LogP contribution in [0.25, 0.3) is 5.65 Å². The van der Waals surface area contributed by atoms with Crippen LogP contribution < -0.4 is 4.74 Å². The van der Waals surface area contributed by atoms with E-state index in [0.717, 1.165) is 43.6 Å². The molecule has 29 heavy (non-hydrogen) atoms. The Labute approximate surface area is 175 Å². The maximum Gasteiger partial charge on any atom is 0.220 e. The van der Waals surface area contributed by atoms with Crippen LogP contribution in [0.1, 0.15) is 50.9 Å². The third kappa shape index (κ3) is 3.46. The summed E-state index contributed by atoms with van der Waals surface area (Å²) in [5.74, 6) is 2.11. The second kappa shape index (κ2) is 7.67. The zero-order chi connectivity index (χ0) is 20.6. The number of amides is 1. The Kier molecular flexibility index (Phi) is 5.21. The van der Waals surface area contributed by atoms with Gasteiger partial charge in [-0.3, -0.25) is 9.20 Å². The molecule has 0 saturated carbocycles. The molecule has 1 aliphatic heterocycles. The number of nitrogens with zero attached hydrogens (tertiary/aromatic N) is 4. The molecule has 4 rings (SSSR count). The summed E-state index contributed by atoms with van der Waals surface area (Å²) in [5, 5.41) is 9.60. The van der Waals surface area contributed by atoms with Crippen molar-refractivity contribution in [3.05, 3.63) is 52.9 Å². The van der Waals surface area contributed by atoms with Gasteiger partial charge in [-0.05, 0) is 51.0 Å². The van der Waals surface area contributed by atoms with E-state index in [4.69, 9.17) is 16.3 Å². The molecule has 0 radical (unpaired) electrons. The average Bonchev–Trinajstić information content (AvgIpc) is 3.03. The molecule has 3 heterocycles. The minimum atomic E-state index is -0.508. The highest BCUT2D eigenvalue weighted by Crippen LogP contribution is 2.37. The van der Waals surface area contributed by atoms with Crippen LogP contribution in [0, 0.1) is 6.92 Å². The lowest BCUT2D eigenvalue weighted by Gasteiger charge is -2.38. The number of hydrogen-bond acceptors (Lipinski definition) is 4. The highest BCUT2D eigenvalue weighted by Gasteiger charge is 2.40. The predicted octanol–water partition coefficient (Wildman–Crippen LogP) is 5.12. The van der Waals surface area contributed by atoms with E-state index >= 15 is 0 Å². The molecule has 1 aromatic carbocycles. The first-order valence-corrected chi connectivity index (χ1v) is 10.3. The number of carbonyl (C=O) groups excluding carboxylic acids is 1. The van der Waals surface area contributed by atoms with Crippen molar-refractivity contribution < 1.29 is 9.53 Å². The number of hydrogen-bond donors (Lipinski definition) is 0. The molecule has 2 aromatic heterocycles. The van der Waals surface area contributed by atoms with Crippen LogP contribution in [0.15, 0.2) is 36.5 Å². The molecule has 0 spiro atoms. The van der Waals surface area contributed by atoms with E-state index < -0.39 is 5.54 Å². The van der Waals surface area contributed by atoms with Crippen LogP contribution in [0.3, 0.4) is 0 Å². The fourth-order valence-electron chi connectivity index (χ4n) is 4.19. The summed E-state index contributed by atoms with van der Waals surface area (Å²) >= 11 is 6.23. The van der Waals surface area contributed by atoms with E-state index in [2.05, 4.69) is 17.1 Å². The molecule has 0 N–H and O–H groups in total. The van der Waals surface area contributed by atoms with Crippen LogP contribution in [0.4, 0.5) is 0 Å². The molecule has 1 aliphatic rings. The van der Waals surface area contributed by atoms with Crippen molar-refractivity contribution in [3.63, 3.8) is 0 Å².